The van der Waals surface area contributed by atoms with Gasteiger partial charge in [0.2, 0.25) is 0 Å². The molecule has 1 N–H and O–H groups in total. The van der Waals surface area contributed by atoms with E-state index in [1.807, 2.05) is 19.1 Å². The molecule has 108 valence electrons. The zero-order chi connectivity index (χ0) is 15.4. The second-order valence-corrected chi connectivity index (χ2v) is 5.45. The summed E-state index contributed by atoms with van der Waals surface area (Å²) in [6.07, 6.45) is 0. The van der Waals surface area contributed by atoms with Crippen molar-refractivity contribution in [1.29, 1.82) is 0 Å². The van der Waals surface area contributed by atoms with Crippen molar-refractivity contribution in [1.82, 2.24) is 5.32 Å². The maximum absolute atomic E-state index is 12.1. The third kappa shape index (κ3) is 4.06. The molecule has 5 heteroatoms. The Morgan fingerprint density at radius 3 is 2.05 bits per heavy atom. The summed E-state index contributed by atoms with van der Waals surface area (Å²) >= 11 is 11.7. The first-order chi connectivity index (χ1) is 9.97. The molecule has 0 saturated carbocycles. The molecule has 0 aliphatic carbocycles. The van der Waals surface area contributed by atoms with E-state index >= 15 is 0 Å². The van der Waals surface area contributed by atoms with Crippen molar-refractivity contribution in [2.24, 2.45) is 0 Å². The number of halogens is 2. The first-order valence-electron chi connectivity index (χ1n) is 6.29. The highest BCUT2D eigenvalue weighted by molar-refractivity contribution is 6.34. The van der Waals surface area contributed by atoms with E-state index < -0.39 is 11.4 Å². The molecular formula is C16H13Cl2NO2. The van der Waals surface area contributed by atoms with E-state index in [2.05, 4.69) is 5.32 Å². The standard InChI is InChI=1S/C16H13Cl2NO2/c1-10-2-4-11(5-3-10)14(20)15(18)19-16(21)12-6-8-13(17)9-7-12/h2-9,15H,1H3,(H,19,21). The average molecular weight is 322 g/mol. The van der Waals surface area contributed by atoms with Gasteiger partial charge >= 0.3 is 0 Å². The van der Waals surface area contributed by atoms with Crippen molar-refractivity contribution >= 4 is 34.9 Å². The Morgan fingerprint density at radius 1 is 0.952 bits per heavy atom. The Hall–Kier alpha value is -1.84. The lowest BCUT2D eigenvalue weighted by Gasteiger charge is -2.11. The van der Waals surface area contributed by atoms with Gasteiger partial charge in [-0.2, -0.15) is 0 Å². The predicted molar refractivity (Wildman–Crippen MR) is 84.1 cm³/mol. The van der Waals surface area contributed by atoms with E-state index in [0.717, 1.165) is 5.56 Å². The molecule has 0 aliphatic rings. The number of benzene rings is 2. The minimum atomic E-state index is -1.11. The lowest BCUT2D eigenvalue weighted by Crippen LogP contribution is -2.36. The van der Waals surface area contributed by atoms with Gasteiger partial charge in [0.05, 0.1) is 0 Å². The van der Waals surface area contributed by atoms with Crippen LogP contribution in [-0.2, 0) is 0 Å². The number of Topliss-reactive ketones (excluding diaryl/α,β-unsaturated/α-hetero) is 1. The molecule has 2 aromatic rings. The van der Waals surface area contributed by atoms with E-state index in [-0.39, 0.29) is 5.78 Å². The highest BCUT2D eigenvalue weighted by atomic mass is 35.5. The molecule has 0 spiro atoms. The van der Waals surface area contributed by atoms with Crippen LogP contribution in [0, 0.1) is 6.92 Å². The quantitative estimate of drug-likeness (QED) is 0.528. The molecule has 2 aromatic carbocycles. The van der Waals surface area contributed by atoms with Crippen molar-refractivity contribution < 1.29 is 9.59 Å². The topological polar surface area (TPSA) is 46.2 Å². The molecule has 0 heterocycles. The number of hydrogen-bond donors (Lipinski definition) is 1. The lowest BCUT2D eigenvalue weighted by molar-refractivity contribution is 0.0889. The molecule has 1 unspecified atom stereocenters. The first kappa shape index (κ1) is 15.5. The smallest absolute Gasteiger partial charge is 0.252 e. The van der Waals surface area contributed by atoms with Crippen LogP contribution in [0.15, 0.2) is 48.5 Å². The molecular weight excluding hydrogens is 309 g/mol. The number of hydrogen-bond acceptors (Lipinski definition) is 2. The van der Waals surface area contributed by atoms with E-state index in [4.69, 9.17) is 23.2 Å². The summed E-state index contributed by atoms with van der Waals surface area (Å²) in [5.41, 5.74) is 0.775. The Labute approximate surface area is 132 Å². The Balaban J connectivity index is 2.05. The first-order valence-corrected chi connectivity index (χ1v) is 7.10. The van der Waals surface area contributed by atoms with Crippen LogP contribution in [0.25, 0.3) is 0 Å². The summed E-state index contributed by atoms with van der Waals surface area (Å²) in [6, 6.07) is 13.3. The number of carbonyl (C=O) groups excluding carboxylic acids is 2. The van der Waals surface area contributed by atoms with E-state index in [9.17, 15) is 9.59 Å². The predicted octanol–water partition coefficient (Wildman–Crippen LogP) is 3.83. The second-order valence-electron chi connectivity index (χ2n) is 4.57. The van der Waals surface area contributed by atoms with Gasteiger partial charge < -0.3 is 5.32 Å². The number of carbonyl (C=O) groups is 2. The van der Waals surface area contributed by atoms with Crippen molar-refractivity contribution in [3.63, 3.8) is 0 Å². The Morgan fingerprint density at radius 2 is 1.48 bits per heavy atom. The largest absolute Gasteiger partial charge is 0.329 e. The van der Waals surface area contributed by atoms with Gasteiger partial charge in [0.25, 0.3) is 5.91 Å². The van der Waals surface area contributed by atoms with Crippen LogP contribution >= 0.6 is 23.2 Å². The summed E-state index contributed by atoms with van der Waals surface area (Å²) < 4.78 is 0. The van der Waals surface area contributed by atoms with Crippen LogP contribution < -0.4 is 5.32 Å². The van der Waals surface area contributed by atoms with Gasteiger partial charge in [-0.1, -0.05) is 53.0 Å². The van der Waals surface area contributed by atoms with E-state index in [0.29, 0.717) is 16.1 Å². The molecule has 0 aromatic heterocycles. The molecule has 0 bridgehead atoms. The molecule has 1 amide bonds. The summed E-state index contributed by atoms with van der Waals surface area (Å²) in [5, 5.41) is 2.99. The number of nitrogens with one attached hydrogen (secondary N) is 1. The molecule has 0 radical (unpaired) electrons. The zero-order valence-electron chi connectivity index (χ0n) is 11.3. The average Bonchev–Trinajstić information content (AvgIpc) is 2.47. The minimum absolute atomic E-state index is 0.348. The number of amides is 1. The van der Waals surface area contributed by atoms with Gasteiger partial charge in [-0.05, 0) is 31.2 Å². The lowest BCUT2D eigenvalue weighted by atomic mass is 10.1. The van der Waals surface area contributed by atoms with Gasteiger partial charge in [-0.3, -0.25) is 9.59 Å². The Kier molecular flexibility index (Phi) is 4.99. The normalized spacial score (nSPS) is 11.8. The summed E-state index contributed by atoms with van der Waals surface area (Å²) in [7, 11) is 0. The van der Waals surface area contributed by atoms with Crippen LogP contribution in [0.1, 0.15) is 26.3 Å². The number of aryl methyl sites for hydroxylation is 1. The zero-order valence-corrected chi connectivity index (χ0v) is 12.8. The van der Waals surface area contributed by atoms with Gasteiger partial charge in [0.15, 0.2) is 11.3 Å². The summed E-state index contributed by atoms with van der Waals surface area (Å²) in [4.78, 5) is 24.1. The van der Waals surface area contributed by atoms with Crippen LogP contribution in [0.4, 0.5) is 0 Å². The number of rotatable bonds is 4. The maximum Gasteiger partial charge on any atom is 0.252 e. The third-order valence-corrected chi connectivity index (χ3v) is 3.49. The van der Waals surface area contributed by atoms with Crippen molar-refractivity contribution in [2.75, 3.05) is 0 Å². The van der Waals surface area contributed by atoms with Gasteiger partial charge in [-0.25, -0.2) is 0 Å². The van der Waals surface area contributed by atoms with E-state index in [1.54, 1.807) is 36.4 Å². The third-order valence-electron chi connectivity index (χ3n) is 2.93. The molecule has 1 atom stereocenters. The Bertz CT molecular complexity index is 651. The van der Waals surface area contributed by atoms with E-state index in [1.165, 1.54) is 0 Å². The SMILES string of the molecule is Cc1ccc(C(=O)C(Cl)NC(=O)c2ccc(Cl)cc2)cc1. The highest BCUT2D eigenvalue weighted by Gasteiger charge is 2.20. The van der Waals surface area contributed by atoms with Crippen LogP contribution in [0.3, 0.4) is 0 Å². The van der Waals surface area contributed by atoms with Crippen LogP contribution in [0.5, 0.6) is 0 Å². The molecule has 3 nitrogen and oxygen atoms in total. The molecule has 0 fully saturated rings. The minimum Gasteiger partial charge on any atom is -0.329 e. The molecule has 0 aliphatic heterocycles. The summed E-state index contributed by atoms with van der Waals surface area (Å²) in [5.74, 6) is -0.772. The monoisotopic (exact) mass is 321 g/mol. The molecule has 2 rings (SSSR count). The van der Waals surface area contributed by atoms with Gasteiger partial charge in [-0.15, -0.1) is 0 Å². The number of alkyl halides is 1. The second kappa shape index (κ2) is 6.74. The molecule has 0 saturated heterocycles. The molecule has 21 heavy (non-hydrogen) atoms. The maximum atomic E-state index is 12.1. The van der Waals surface area contributed by atoms with Crippen LogP contribution in [-0.4, -0.2) is 17.2 Å². The van der Waals surface area contributed by atoms with Gasteiger partial charge in [0, 0.05) is 16.1 Å². The fourth-order valence-corrected chi connectivity index (χ4v) is 2.08. The van der Waals surface area contributed by atoms with Crippen molar-refractivity contribution in [2.45, 2.75) is 12.4 Å². The van der Waals surface area contributed by atoms with Gasteiger partial charge in [0.1, 0.15) is 0 Å². The summed E-state index contributed by atoms with van der Waals surface area (Å²) in [6.45, 7) is 1.93. The van der Waals surface area contributed by atoms with Crippen LogP contribution in [0.2, 0.25) is 5.02 Å². The van der Waals surface area contributed by atoms with Crippen molar-refractivity contribution in [3.05, 3.63) is 70.2 Å². The fraction of sp³-hybridized carbons (Fsp3) is 0.125. The highest BCUT2D eigenvalue weighted by Crippen LogP contribution is 2.12. The van der Waals surface area contributed by atoms with Crippen molar-refractivity contribution in [3.8, 4) is 0 Å². The number of ketones is 1. The fourth-order valence-electron chi connectivity index (χ4n) is 1.73.